The number of aromatic amines is 1. The van der Waals surface area contributed by atoms with Crippen molar-refractivity contribution in [3.05, 3.63) is 58.7 Å². The number of carbonyl (C=O) groups excluding carboxylic acids is 1. The lowest BCUT2D eigenvalue weighted by atomic mass is 10.1. The van der Waals surface area contributed by atoms with Crippen molar-refractivity contribution >= 4 is 27.7 Å². The zero-order valence-corrected chi connectivity index (χ0v) is 16.1. The minimum absolute atomic E-state index is 0.100. The topological polar surface area (TPSA) is 65.4 Å². The number of hydrogen-bond acceptors (Lipinski definition) is 4. The van der Waals surface area contributed by atoms with Gasteiger partial charge in [0.15, 0.2) is 16.2 Å². The van der Waals surface area contributed by atoms with E-state index in [1.165, 1.54) is 12.1 Å². The van der Waals surface area contributed by atoms with Crippen molar-refractivity contribution in [1.82, 2.24) is 15.1 Å². The second-order valence-corrected chi connectivity index (χ2v) is 7.16. The second-order valence-electron chi connectivity index (χ2n) is 6.38. The molecule has 27 heavy (non-hydrogen) atoms. The third-order valence-electron chi connectivity index (χ3n) is 4.61. The Labute approximate surface area is 164 Å². The molecule has 4 rings (SSSR count). The normalized spacial score (nSPS) is 15.0. The number of amides is 1. The van der Waals surface area contributed by atoms with Crippen LogP contribution in [0.3, 0.4) is 0 Å². The Morgan fingerprint density at radius 2 is 1.93 bits per heavy atom. The summed E-state index contributed by atoms with van der Waals surface area (Å²) in [5, 5.41) is 7.40. The molecule has 1 aromatic carbocycles. The van der Waals surface area contributed by atoms with E-state index in [1.807, 2.05) is 6.07 Å². The van der Waals surface area contributed by atoms with Crippen LogP contribution in [0.15, 0.2) is 51.6 Å². The van der Waals surface area contributed by atoms with Crippen LogP contribution in [0.2, 0.25) is 0 Å². The van der Waals surface area contributed by atoms with E-state index in [-0.39, 0.29) is 11.7 Å². The molecule has 2 aromatic heterocycles. The summed E-state index contributed by atoms with van der Waals surface area (Å²) in [5.41, 5.74) is 1.72. The van der Waals surface area contributed by atoms with Gasteiger partial charge in [0, 0.05) is 32.2 Å². The zero-order valence-electron chi connectivity index (χ0n) is 14.5. The first kappa shape index (κ1) is 17.8. The lowest BCUT2D eigenvalue weighted by Gasteiger charge is -2.21. The van der Waals surface area contributed by atoms with Gasteiger partial charge in [-0.05, 0) is 64.3 Å². The summed E-state index contributed by atoms with van der Waals surface area (Å²) >= 11 is 3.23. The molecule has 1 aliphatic heterocycles. The van der Waals surface area contributed by atoms with E-state index in [2.05, 4.69) is 31.0 Å². The van der Waals surface area contributed by atoms with Gasteiger partial charge in [0.05, 0.1) is 5.69 Å². The van der Waals surface area contributed by atoms with Crippen molar-refractivity contribution in [2.24, 2.45) is 0 Å². The summed E-state index contributed by atoms with van der Waals surface area (Å²) < 4.78 is 19.0. The number of nitrogens with one attached hydrogen (secondary N) is 1. The summed E-state index contributed by atoms with van der Waals surface area (Å²) in [6.45, 7) is 2.75. The van der Waals surface area contributed by atoms with Crippen molar-refractivity contribution in [2.75, 3.05) is 31.1 Å². The van der Waals surface area contributed by atoms with Gasteiger partial charge in [-0.3, -0.25) is 9.89 Å². The summed E-state index contributed by atoms with van der Waals surface area (Å²) in [5.74, 6) is 0.800. The molecule has 1 N–H and O–H groups in total. The molecule has 1 saturated heterocycles. The lowest BCUT2D eigenvalue weighted by Crippen LogP contribution is -2.35. The fourth-order valence-electron chi connectivity index (χ4n) is 3.19. The minimum atomic E-state index is -0.264. The van der Waals surface area contributed by atoms with Crippen LogP contribution in [-0.4, -0.2) is 47.2 Å². The minimum Gasteiger partial charge on any atom is -0.444 e. The fraction of sp³-hybridized carbons (Fsp3) is 0.263. The van der Waals surface area contributed by atoms with E-state index in [0.29, 0.717) is 30.1 Å². The van der Waals surface area contributed by atoms with Crippen LogP contribution >= 0.6 is 15.9 Å². The fourth-order valence-corrected chi connectivity index (χ4v) is 3.49. The van der Waals surface area contributed by atoms with Gasteiger partial charge >= 0.3 is 0 Å². The number of halogens is 2. The molecule has 0 atom stereocenters. The first-order chi connectivity index (χ1) is 13.1. The standard InChI is InChI=1S/C19H18BrFN4O2/c20-17-7-6-16(27-17)19(26)25-9-1-8-24(10-11-25)18-12-15(22-23-18)13-2-4-14(21)5-3-13/h2-7,12H,1,8-11H2,(H,22,23). The molecule has 0 saturated carbocycles. The van der Waals surface area contributed by atoms with E-state index >= 15 is 0 Å². The molecule has 0 radical (unpaired) electrons. The number of carbonyl (C=O) groups is 1. The smallest absolute Gasteiger partial charge is 0.289 e. The Morgan fingerprint density at radius 1 is 1.11 bits per heavy atom. The maximum Gasteiger partial charge on any atom is 0.289 e. The van der Waals surface area contributed by atoms with Crippen molar-refractivity contribution in [3.8, 4) is 11.3 Å². The average Bonchev–Trinajstić information content (AvgIpc) is 3.25. The quantitative estimate of drug-likeness (QED) is 0.680. The Hall–Kier alpha value is -2.61. The van der Waals surface area contributed by atoms with Gasteiger partial charge < -0.3 is 14.2 Å². The molecule has 8 heteroatoms. The first-order valence-corrected chi connectivity index (χ1v) is 9.50. The van der Waals surface area contributed by atoms with E-state index in [0.717, 1.165) is 30.0 Å². The molecular formula is C19H18BrFN4O2. The second kappa shape index (κ2) is 7.56. The van der Waals surface area contributed by atoms with Gasteiger partial charge in [-0.1, -0.05) is 0 Å². The van der Waals surface area contributed by atoms with E-state index in [9.17, 15) is 9.18 Å². The molecule has 3 aromatic rings. The number of H-pyrrole nitrogens is 1. The summed E-state index contributed by atoms with van der Waals surface area (Å²) in [7, 11) is 0. The van der Waals surface area contributed by atoms with Gasteiger partial charge in [0.2, 0.25) is 0 Å². The highest BCUT2D eigenvalue weighted by atomic mass is 79.9. The first-order valence-electron chi connectivity index (χ1n) is 8.71. The Bertz CT molecular complexity index is 937. The third-order valence-corrected chi connectivity index (χ3v) is 5.04. The van der Waals surface area contributed by atoms with E-state index in [4.69, 9.17) is 4.42 Å². The number of aromatic nitrogens is 2. The van der Waals surface area contributed by atoms with Crippen molar-refractivity contribution in [1.29, 1.82) is 0 Å². The van der Waals surface area contributed by atoms with E-state index in [1.54, 1.807) is 29.2 Å². The number of nitrogens with zero attached hydrogens (tertiary/aromatic N) is 3. The Balaban J connectivity index is 1.44. The van der Waals surface area contributed by atoms with Crippen LogP contribution in [0.4, 0.5) is 10.2 Å². The highest BCUT2D eigenvalue weighted by Gasteiger charge is 2.23. The highest BCUT2D eigenvalue weighted by Crippen LogP contribution is 2.23. The van der Waals surface area contributed by atoms with Crippen molar-refractivity contribution in [3.63, 3.8) is 0 Å². The SMILES string of the molecule is O=C(c1ccc(Br)o1)N1CCCN(c2cc(-c3ccc(F)cc3)[nH]n2)CC1. The summed E-state index contributed by atoms with van der Waals surface area (Å²) in [6.07, 6.45) is 0.840. The van der Waals surface area contributed by atoms with E-state index < -0.39 is 0 Å². The monoisotopic (exact) mass is 432 g/mol. The van der Waals surface area contributed by atoms with Gasteiger partial charge in [-0.15, -0.1) is 0 Å². The maximum absolute atomic E-state index is 13.1. The van der Waals surface area contributed by atoms with Crippen molar-refractivity contribution in [2.45, 2.75) is 6.42 Å². The molecule has 140 valence electrons. The molecule has 0 aliphatic carbocycles. The average molecular weight is 433 g/mol. The molecule has 3 heterocycles. The Morgan fingerprint density at radius 3 is 2.67 bits per heavy atom. The van der Waals surface area contributed by atoms with Gasteiger partial charge in [0.25, 0.3) is 5.91 Å². The number of furan rings is 1. The van der Waals surface area contributed by atoms with Crippen LogP contribution in [0.5, 0.6) is 0 Å². The molecule has 0 spiro atoms. The molecular weight excluding hydrogens is 415 g/mol. The number of rotatable bonds is 3. The molecule has 1 amide bonds. The van der Waals surface area contributed by atoms with Gasteiger partial charge in [-0.25, -0.2) is 4.39 Å². The highest BCUT2D eigenvalue weighted by molar-refractivity contribution is 9.10. The number of hydrogen-bond donors (Lipinski definition) is 1. The summed E-state index contributed by atoms with van der Waals surface area (Å²) in [6, 6.07) is 11.6. The number of anilines is 1. The third kappa shape index (κ3) is 3.90. The molecule has 1 fully saturated rings. The van der Waals surface area contributed by atoms with Gasteiger partial charge in [0.1, 0.15) is 5.82 Å². The molecule has 0 bridgehead atoms. The lowest BCUT2D eigenvalue weighted by molar-refractivity contribution is 0.0733. The molecule has 6 nitrogen and oxygen atoms in total. The predicted octanol–water partition coefficient (Wildman–Crippen LogP) is 3.92. The maximum atomic E-state index is 13.1. The van der Waals surface area contributed by atoms with Crippen LogP contribution in [-0.2, 0) is 0 Å². The van der Waals surface area contributed by atoms with Crippen molar-refractivity contribution < 1.29 is 13.6 Å². The molecule has 0 unspecified atom stereocenters. The van der Waals surface area contributed by atoms with Crippen LogP contribution in [0.25, 0.3) is 11.3 Å². The van der Waals surface area contributed by atoms with Crippen LogP contribution < -0.4 is 4.90 Å². The number of benzene rings is 1. The largest absolute Gasteiger partial charge is 0.444 e. The van der Waals surface area contributed by atoms with Gasteiger partial charge in [-0.2, -0.15) is 5.10 Å². The predicted molar refractivity (Wildman–Crippen MR) is 103 cm³/mol. The molecule has 1 aliphatic rings. The summed E-state index contributed by atoms with van der Waals surface area (Å²) in [4.78, 5) is 16.5. The van der Waals surface area contributed by atoms with Crippen LogP contribution in [0, 0.1) is 5.82 Å². The van der Waals surface area contributed by atoms with Crippen LogP contribution in [0.1, 0.15) is 17.0 Å². The Kier molecular flexibility index (Phi) is 4.98. The zero-order chi connectivity index (χ0) is 18.8.